The summed E-state index contributed by atoms with van der Waals surface area (Å²) in [5, 5.41) is 28.0. The normalized spacial score (nSPS) is 14.5. The number of rotatable bonds is 5. The first-order valence-corrected chi connectivity index (χ1v) is 5.12. The summed E-state index contributed by atoms with van der Waals surface area (Å²) in [5.41, 5.74) is 1.79. The van der Waals surface area contributed by atoms with E-state index in [-0.39, 0.29) is 13.0 Å². The fraction of sp³-hybridized carbons (Fsp3) is 0.417. The second-order valence-electron chi connectivity index (χ2n) is 3.82. The Morgan fingerprint density at radius 3 is 2.56 bits per heavy atom. The molecule has 88 valence electrons. The van der Waals surface area contributed by atoms with Crippen molar-refractivity contribution in [2.45, 2.75) is 25.6 Å². The lowest BCUT2D eigenvalue weighted by molar-refractivity contribution is 0.00417. The van der Waals surface area contributed by atoms with E-state index >= 15 is 0 Å². The minimum absolute atomic E-state index is 0.103. The van der Waals surface area contributed by atoms with Crippen LogP contribution < -0.4 is 0 Å². The van der Waals surface area contributed by atoms with Crippen LogP contribution in [0.2, 0.25) is 0 Å². The first kappa shape index (κ1) is 12.8. The Kier molecular flexibility index (Phi) is 4.61. The van der Waals surface area contributed by atoms with Gasteiger partial charge < -0.3 is 15.3 Å². The Balaban J connectivity index is 2.93. The maximum Gasteiger partial charge on any atom is 0.150 e. The Morgan fingerprint density at radius 2 is 2.00 bits per heavy atom. The maximum absolute atomic E-state index is 10.6. The lowest BCUT2D eigenvalue weighted by Gasteiger charge is -2.18. The molecular formula is C12H16O4. The number of aryl methyl sites for hydroxylation is 1. The number of carbonyl (C=O) groups is 1. The first-order valence-electron chi connectivity index (χ1n) is 5.12. The van der Waals surface area contributed by atoms with Gasteiger partial charge in [0.2, 0.25) is 0 Å². The van der Waals surface area contributed by atoms with E-state index in [0.29, 0.717) is 17.4 Å². The van der Waals surface area contributed by atoms with Gasteiger partial charge in [0.25, 0.3) is 0 Å². The van der Waals surface area contributed by atoms with Crippen molar-refractivity contribution in [3.05, 3.63) is 34.9 Å². The van der Waals surface area contributed by atoms with Gasteiger partial charge >= 0.3 is 0 Å². The number of aldehydes is 1. The van der Waals surface area contributed by atoms with Gasteiger partial charge in [-0.1, -0.05) is 11.6 Å². The van der Waals surface area contributed by atoms with Crippen LogP contribution in [-0.4, -0.2) is 34.3 Å². The van der Waals surface area contributed by atoms with Crippen molar-refractivity contribution in [3.8, 4) is 0 Å². The fourth-order valence-electron chi connectivity index (χ4n) is 1.59. The predicted octanol–water partition coefficient (Wildman–Crippen LogP) is 0.584. The van der Waals surface area contributed by atoms with Gasteiger partial charge in [0.1, 0.15) is 12.4 Å². The van der Waals surface area contributed by atoms with E-state index in [9.17, 15) is 15.0 Å². The third-order valence-electron chi connectivity index (χ3n) is 2.39. The molecule has 1 rings (SSSR count). The van der Waals surface area contributed by atoms with Gasteiger partial charge in [-0.25, -0.2) is 0 Å². The number of benzene rings is 1. The van der Waals surface area contributed by atoms with E-state index in [1.165, 1.54) is 6.07 Å². The second kappa shape index (κ2) is 5.75. The molecule has 0 aliphatic carbocycles. The molecule has 0 bridgehead atoms. The minimum atomic E-state index is -1.08. The van der Waals surface area contributed by atoms with Gasteiger partial charge in [-0.2, -0.15) is 0 Å². The molecule has 16 heavy (non-hydrogen) atoms. The number of hydrogen-bond acceptors (Lipinski definition) is 4. The molecule has 0 saturated heterocycles. The number of aliphatic hydroxyl groups excluding tert-OH is 3. The fourth-order valence-corrected chi connectivity index (χ4v) is 1.59. The summed E-state index contributed by atoms with van der Waals surface area (Å²) in [5.74, 6) is 0. The van der Waals surface area contributed by atoms with E-state index in [2.05, 4.69) is 0 Å². The van der Waals surface area contributed by atoms with E-state index in [1.54, 1.807) is 12.1 Å². The van der Waals surface area contributed by atoms with Crippen LogP contribution in [0.4, 0.5) is 0 Å². The highest BCUT2D eigenvalue weighted by atomic mass is 16.3. The van der Waals surface area contributed by atoms with Crippen molar-refractivity contribution in [1.29, 1.82) is 0 Å². The zero-order chi connectivity index (χ0) is 12.1. The van der Waals surface area contributed by atoms with Gasteiger partial charge in [0, 0.05) is 12.2 Å². The first-order chi connectivity index (χ1) is 7.58. The van der Waals surface area contributed by atoms with Crippen LogP contribution in [0, 0.1) is 6.92 Å². The van der Waals surface area contributed by atoms with Crippen molar-refractivity contribution in [2.24, 2.45) is 0 Å². The van der Waals surface area contributed by atoms with Crippen LogP contribution in [-0.2, 0) is 0 Å². The number of hydrogen-bond donors (Lipinski definition) is 3. The molecule has 0 aliphatic rings. The van der Waals surface area contributed by atoms with Gasteiger partial charge in [0.05, 0.1) is 6.10 Å². The number of carbonyl (C=O) groups excluding carboxylic acids is 1. The summed E-state index contributed by atoms with van der Waals surface area (Å²) in [6.45, 7) is 1.62. The molecule has 0 aromatic heterocycles. The summed E-state index contributed by atoms with van der Waals surface area (Å²) >= 11 is 0. The smallest absolute Gasteiger partial charge is 0.150 e. The zero-order valence-electron chi connectivity index (χ0n) is 9.13. The Labute approximate surface area is 94.2 Å². The second-order valence-corrected chi connectivity index (χ2v) is 3.82. The van der Waals surface area contributed by atoms with E-state index in [0.717, 1.165) is 5.56 Å². The van der Waals surface area contributed by atoms with E-state index in [1.807, 2.05) is 6.92 Å². The minimum Gasteiger partial charge on any atom is -0.396 e. The Hall–Kier alpha value is -1.23. The van der Waals surface area contributed by atoms with Gasteiger partial charge in [-0.05, 0) is 31.0 Å². The zero-order valence-corrected chi connectivity index (χ0v) is 9.13. The van der Waals surface area contributed by atoms with Crippen molar-refractivity contribution < 1.29 is 20.1 Å². The highest BCUT2D eigenvalue weighted by molar-refractivity contribution is 5.75. The molecule has 2 unspecified atom stereocenters. The Bertz CT molecular complexity index is 362. The summed E-state index contributed by atoms with van der Waals surface area (Å²) in [6, 6.07) is 4.94. The topological polar surface area (TPSA) is 77.8 Å². The van der Waals surface area contributed by atoms with Gasteiger partial charge in [-0.15, -0.1) is 0 Å². The van der Waals surface area contributed by atoms with Gasteiger partial charge in [-0.3, -0.25) is 4.79 Å². The monoisotopic (exact) mass is 224 g/mol. The lowest BCUT2D eigenvalue weighted by atomic mass is 9.98. The van der Waals surface area contributed by atoms with Crippen LogP contribution in [0.25, 0.3) is 0 Å². The average molecular weight is 224 g/mol. The van der Waals surface area contributed by atoms with Crippen molar-refractivity contribution in [1.82, 2.24) is 0 Å². The van der Waals surface area contributed by atoms with Crippen molar-refractivity contribution in [3.63, 3.8) is 0 Å². The maximum atomic E-state index is 10.6. The summed E-state index contributed by atoms with van der Waals surface area (Å²) in [6.07, 6.45) is -1.30. The molecular weight excluding hydrogens is 208 g/mol. The molecule has 2 atom stereocenters. The standard InChI is InChI=1S/C12H16O4/c1-8-4-9(7-14)6-10(5-8)12(16)11(15)2-3-13/h4-7,11-13,15-16H,2-3H2,1H3. The molecule has 1 aromatic carbocycles. The summed E-state index contributed by atoms with van der Waals surface area (Å²) in [4.78, 5) is 10.6. The molecule has 4 heteroatoms. The van der Waals surface area contributed by atoms with Gasteiger partial charge in [0.15, 0.2) is 0 Å². The number of aliphatic hydroxyl groups is 3. The van der Waals surface area contributed by atoms with Crippen molar-refractivity contribution in [2.75, 3.05) is 6.61 Å². The van der Waals surface area contributed by atoms with Crippen molar-refractivity contribution >= 4 is 6.29 Å². The largest absolute Gasteiger partial charge is 0.396 e. The molecule has 1 aromatic rings. The van der Waals surface area contributed by atoms with Crippen LogP contribution in [0.1, 0.15) is 34.0 Å². The molecule has 0 radical (unpaired) electrons. The molecule has 0 spiro atoms. The van der Waals surface area contributed by atoms with E-state index < -0.39 is 12.2 Å². The third kappa shape index (κ3) is 3.13. The van der Waals surface area contributed by atoms with E-state index in [4.69, 9.17) is 5.11 Å². The van der Waals surface area contributed by atoms with Crippen LogP contribution in [0.3, 0.4) is 0 Å². The highest BCUT2D eigenvalue weighted by Crippen LogP contribution is 2.21. The third-order valence-corrected chi connectivity index (χ3v) is 2.39. The Morgan fingerprint density at radius 1 is 1.31 bits per heavy atom. The van der Waals surface area contributed by atoms with Crippen LogP contribution >= 0.6 is 0 Å². The van der Waals surface area contributed by atoms with Crippen LogP contribution in [0.5, 0.6) is 0 Å². The average Bonchev–Trinajstić information content (AvgIpc) is 2.27. The molecule has 3 N–H and O–H groups in total. The van der Waals surface area contributed by atoms with Crippen LogP contribution in [0.15, 0.2) is 18.2 Å². The lowest BCUT2D eigenvalue weighted by Crippen LogP contribution is -2.19. The SMILES string of the molecule is Cc1cc(C=O)cc(C(O)C(O)CCO)c1. The molecule has 4 nitrogen and oxygen atoms in total. The molecule has 0 fully saturated rings. The quantitative estimate of drug-likeness (QED) is 0.639. The molecule has 0 saturated carbocycles. The molecule has 0 heterocycles. The highest BCUT2D eigenvalue weighted by Gasteiger charge is 2.18. The summed E-state index contributed by atoms with van der Waals surface area (Å²) in [7, 11) is 0. The molecule has 0 amide bonds. The summed E-state index contributed by atoms with van der Waals surface area (Å²) < 4.78 is 0. The predicted molar refractivity (Wildman–Crippen MR) is 59.2 cm³/mol. The molecule has 0 aliphatic heterocycles.